The number of alkyl carbamates (subject to hydrolysis) is 1. The largest absolute Gasteiger partial charge is 0.453 e. The number of benzene rings is 1. The fraction of sp³-hybridized carbons (Fsp3) is 0.636. The van der Waals surface area contributed by atoms with Crippen molar-refractivity contribution in [3.05, 3.63) is 34.9 Å². The summed E-state index contributed by atoms with van der Waals surface area (Å²) in [5.41, 5.74) is -0.749. The molecule has 1 saturated carbocycles. The van der Waals surface area contributed by atoms with Crippen LogP contribution in [-0.2, 0) is 15.1 Å². The first kappa shape index (κ1) is 21.9. The molecule has 7 heteroatoms. The lowest BCUT2D eigenvalue weighted by molar-refractivity contribution is -0.158. The molecule has 3 rings (SSSR count). The van der Waals surface area contributed by atoms with Crippen LogP contribution in [0.15, 0.2) is 24.3 Å². The molecule has 0 bridgehead atoms. The van der Waals surface area contributed by atoms with E-state index in [-0.39, 0.29) is 17.9 Å². The second-order valence-electron chi connectivity index (χ2n) is 8.89. The molecule has 160 valence electrons. The number of nitrogens with one attached hydrogen (secondary N) is 1. The van der Waals surface area contributed by atoms with Crippen molar-refractivity contribution >= 4 is 23.6 Å². The number of hydrogen-bond donors (Lipinski definition) is 2. The lowest BCUT2D eigenvalue weighted by Gasteiger charge is -2.51. The minimum Gasteiger partial charge on any atom is -0.453 e. The van der Waals surface area contributed by atoms with Gasteiger partial charge < -0.3 is 20.1 Å². The normalized spacial score (nSPS) is 29.2. The molecule has 0 unspecified atom stereocenters. The fourth-order valence-corrected chi connectivity index (χ4v) is 4.94. The number of amides is 2. The maximum Gasteiger partial charge on any atom is 0.407 e. The highest BCUT2D eigenvalue weighted by molar-refractivity contribution is 6.30. The molecule has 2 aliphatic rings. The Balaban J connectivity index is 1.75. The van der Waals surface area contributed by atoms with Crippen LogP contribution in [0, 0.1) is 11.3 Å². The number of halogens is 1. The smallest absolute Gasteiger partial charge is 0.407 e. The van der Waals surface area contributed by atoms with Crippen molar-refractivity contribution in [1.29, 1.82) is 0 Å². The topological polar surface area (TPSA) is 78.9 Å². The van der Waals surface area contributed by atoms with Crippen LogP contribution in [0.25, 0.3) is 0 Å². The van der Waals surface area contributed by atoms with E-state index in [0.717, 1.165) is 31.2 Å². The number of likely N-dealkylation sites (tertiary alicyclic amines) is 1. The summed E-state index contributed by atoms with van der Waals surface area (Å²) in [5, 5.41) is 15.0. The number of hydrogen-bond acceptors (Lipinski definition) is 4. The van der Waals surface area contributed by atoms with Crippen molar-refractivity contribution in [3.8, 4) is 0 Å². The van der Waals surface area contributed by atoms with Crippen molar-refractivity contribution < 1.29 is 19.4 Å². The number of carbonyl (C=O) groups is 2. The number of piperidine rings is 1. The first-order valence-electron chi connectivity index (χ1n) is 10.3. The van der Waals surface area contributed by atoms with Gasteiger partial charge in [0.15, 0.2) is 0 Å². The van der Waals surface area contributed by atoms with Gasteiger partial charge in [0.2, 0.25) is 5.91 Å². The third-order valence-corrected chi connectivity index (χ3v) is 6.91. The first-order chi connectivity index (χ1) is 13.7. The highest BCUT2D eigenvalue weighted by Crippen LogP contribution is 2.46. The van der Waals surface area contributed by atoms with Crippen LogP contribution in [0.5, 0.6) is 0 Å². The molecule has 0 aromatic heterocycles. The van der Waals surface area contributed by atoms with Gasteiger partial charge in [-0.2, -0.15) is 0 Å². The number of methoxy groups -OCH3 is 1. The van der Waals surface area contributed by atoms with Gasteiger partial charge in [-0.15, -0.1) is 0 Å². The van der Waals surface area contributed by atoms with E-state index in [1.165, 1.54) is 7.11 Å². The van der Waals surface area contributed by atoms with E-state index in [9.17, 15) is 14.7 Å². The molecule has 3 atom stereocenters. The van der Waals surface area contributed by atoms with E-state index in [0.29, 0.717) is 24.5 Å². The Kier molecular flexibility index (Phi) is 6.44. The monoisotopic (exact) mass is 422 g/mol. The van der Waals surface area contributed by atoms with E-state index in [2.05, 4.69) is 5.32 Å². The van der Waals surface area contributed by atoms with Gasteiger partial charge in [0.25, 0.3) is 0 Å². The van der Waals surface area contributed by atoms with Crippen LogP contribution in [-0.4, -0.2) is 48.2 Å². The molecule has 1 aliphatic carbocycles. The second-order valence-corrected chi connectivity index (χ2v) is 9.33. The number of nitrogens with zero attached hydrogens (tertiary/aromatic N) is 1. The molecule has 0 radical (unpaired) electrons. The van der Waals surface area contributed by atoms with E-state index < -0.39 is 17.1 Å². The Bertz CT molecular complexity index is 752. The highest BCUT2D eigenvalue weighted by atomic mass is 35.5. The van der Waals surface area contributed by atoms with Gasteiger partial charge in [0.1, 0.15) is 0 Å². The standard InChI is InChI=1S/C22H31ClN2O4/c1-21(2)14-25(13-12-22(21,28)15-8-10-16(23)11-9-15)19(26)17-6-4-5-7-18(17)24-20(27)29-3/h8-11,17-18,28H,4-7,12-14H2,1-3H3,(H,24,27)/t17-,18+,22-/m0/s1. The van der Waals surface area contributed by atoms with E-state index >= 15 is 0 Å². The first-order valence-corrected chi connectivity index (χ1v) is 10.7. The van der Waals surface area contributed by atoms with E-state index in [1.807, 2.05) is 30.9 Å². The van der Waals surface area contributed by atoms with Crippen molar-refractivity contribution in [2.24, 2.45) is 11.3 Å². The molecule has 1 saturated heterocycles. The Morgan fingerprint density at radius 1 is 1.21 bits per heavy atom. The van der Waals surface area contributed by atoms with E-state index in [4.69, 9.17) is 16.3 Å². The van der Waals surface area contributed by atoms with Crippen molar-refractivity contribution in [2.75, 3.05) is 20.2 Å². The molecule has 1 aromatic carbocycles. The van der Waals surface area contributed by atoms with Crippen LogP contribution < -0.4 is 5.32 Å². The minimum atomic E-state index is -1.04. The predicted molar refractivity (Wildman–Crippen MR) is 112 cm³/mol. The lowest BCUT2D eigenvalue weighted by Crippen LogP contribution is -2.59. The summed E-state index contributed by atoms with van der Waals surface area (Å²) in [6.07, 6.45) is 3.45. The van der Waals surface area contributed by atoms with Crippen LogP contribution in [0.1, 0.15) is 51.5 Å². The summed E-state index contributed by atoms with van der Waals surface area (Å²) >= 11 is 6.00. The number of aliphatic hydroxyl groups is 1. The van der Waals surface area contributed by atoms with Gasteiger partial charge in [-0.25, -0.2) is 4.79 Å². The second kappa shape index (κ2) is 8.52. The average molecular weight is 423 g/mol. The highest BCUT2D eigenvalue weighted by Gasteiger charge is 2.50. The lowest BCUT2D eigenvalue weighted by atomic mass is 9.66. The third-order valence-electron chi connectivity index (χ3n) is 6.65. The zero-order valence-electron chi connectivity index (χ0n) is 17.4. The molecule has 2 amide bonds. The van der Waals surface area contributed by atoms with Crippen LogP contribution in [0.4, 0.5) is 4.79 Å². The average Bonchev–Trinajstić information content (AvgIpc) is 2.70. The molecule has 0 spiro atoms. The van der Waals surface area contributed by atoms with Crippen molar-refractivity contribution in [1.82, 2.24) is 10.2 Å². The Morgan fingerprint density at radius 2 is 1.86 bits per heavy atom. The van der Waals surface area contributed by atoms with Gasteiger partial charge in [-0.05, 0) is 37.0 Å². The maximum atomic E-state index is 13.3. The summed E-state index contributed by atoms with van der Waals surface area (Å²) in [4.78, 5) is 26.9. The number of carbonyl (C=O) groups excluding carboxylic acids is 2. The number of ether oxygens (including phenoxy) is 1. The molecular weight excluding hydrogens is 392 g/mol. The van der Waals surface area contributed by atoms with Gasteiger partial charge >= 0.3 is 6.09 Å². The van der Waals surface area contributed by atoms with E-state index in [1.54, 1.807) is 12.1 Å². The summed E-state index contributed by atoms with van der Waals surface area (Å²) in [6.45, 7) is 4.91. The quantitative estimate of drug-likeness (QED) is 0.778. The molecule has 2 fully saturated rings. The van der Waals surface area contributed by atoms with Crippen LogP contribution in [0.2, 0.25) is 5.02 Å². The zero-order chi connectivity index (χ0) is 21.2. The summed E-state index contributed by atoms with van der Waals surface area (Å²) in [5.74, 6) is -0.197. The van der Waals surface area contributed by atoms with Crippen molar-refractivity contribution in [2.45, 2.75) is 57.6 Å². The predicted octanol–water partition coefficient (Wildman–Crippen LogP) is 3.70. The van der Waals surface area contributed by atoms with Gasteiger partial charge in [0, 0.05) is 29.6 Å². The maximum absolute atomic E-state index is 13.3. The SMILES string of the molecule is COC(=O)N[C@@H]1CCCC[C@@H]1C(=O)N1CC[C@](O)(c2ccc(Cl)cc2)C(C)(C)C1. The number of rotatable bonds is 3. The van der Waals surface area contributed by atoms with Crippen molar-refractivity contribution in [3.63, 3.8) is 0 Å². The summed E-state index contributed by atoms with van der Waals surface area (Å²) in [6, 6.07) is 7.09. The van der Waals surface area contributed by atoms with Gasteiger partial charge in [-0.3, -0.25) is 4.79 Å². The molecule has 1 heterocycles. The minimum absolute atomic E-state index is 0.0531. The zero-order valence-corrected chi connectivity index (χ0v) is 18.2. The molecule has 2 N–H and O–H groups in total. The fourth-order valence-electron chi connectivity index (χ4n) is 4.81. The molecule has 29 heavy (non-hydrogen) atoms. The summed E-state index contributed by atoms with van der Waals surface area (Å²) < 4.78 is 4.73. The van der Waals surface area contributed by atoms with Crippen LogP contribution in [0.3, 0.4) is 0 Å². The van der Waals surface area contributed by atoms with Gasteiger partial charge in [0.05, 0.1) is 18.6 Å². The Labute approximate surface area is 177 Å². The molecule has 1 aromatic rings. The van der Waals surface area contributed by atoms with Crippen LogP contribution >= 0.6 is 11.6 Å². The Hall–Kier alpha value is -1.79. The third kappa shape index (κ3) is 4.38. The summed E-state index contributed by atoms with van der Waals surface area (Å²) in [7, 11) is 1.33. The van der Waals surface area contributed by atoms with Gasteiger partial charge in [-0.1, -0.05) is 50.4 Å². The molecule has 6 nitrogen and oxygen atoms in total. The Morgan fingerprint density at radius 3 is 2.48 bits per heavy atom. The molecular formula is C22H31ClN2O4. The molecule has 1 aliphatic heterocycles.